The highest BCUT2D eigenvalue weighted by Gasteiger charge is 2.28. The van der Waals surface area contributed by atoms with Crippen molar-refractivity contribution >= 4 is 53.2 Å². The van der Waals surface area contributed by atoms with Crippen LogP contribution in [0.15, 0.2) is 36.7 Å². The van der Waals surface area contributed by atoms with Gasteiger partial charge in [-0.05, 0) is 63.8 Å². The number of hydrogen-bond acceptors (Lipinski definition) is 8. The summed E-state index contributed by atoms with van der Waals surface area (Å²) in [6.45, 7) is 3.67. The highest BCUT2D eigenvalue weighted by Crippen LogP contribution is 2.48. The summed E-state index contributed by atoms with van der Waals surface area (Å²) in [6, 6.07) is 7.66. The fourth-order valence-electron chi connectivity index (χ4n) is 4.16. The summed E-state index contributed by atoms with van der Waals surface area (Å²) in [7, 11) is -3.60. The number of nitrogens with zero attached hydrogens (tertiary/aromatic N) is 2. The Morgan fingerprint density at radius 1 is 1.14 bits per heavy atom. The van der Waals surface area contributed by atoms with Crippen LogP contribution in [0.3, 0.4) is 0 Å². The van der Waals surface area contributed by atoms with Crippen LogP contribution in [0, 0.1) is 5.82 Å². The van der Waals surface area contributed by atoms with Crippen molar-refractivity contribution in [2.75, 3.05) is 30.0 Å². The van der Waals surface area contributed by atoms with Crippen LogP contribution in [-0.4, -0.2) is 41.4 Å². The first kappa shape index (κ1) is 27.3. The zero-order chi connectivity index (χ0) is 26.4. The van der Waals surface area contributed by atoms with Crippen molar-refractivity contribution in [3.63, 3.8) is 0 Å². The van der Waals surface area contributed by atoms with Crippen LogP contribution >= 0.6 is 19.2 Å². The Hall–Kier alpha value is -2.78. The van der Waals surface area contributed by atoms with Crippen molar-refractivity contribution in [2.24, 2.45) is 0 Å². The number of carbonyl (C=O) groups is 1. The summed E-state index contributed by atoms with van der Waals surface area (Å²) in [6.07, 6.45) is 4.94. The maximum Gasteiger partial charge on any atom is 0.340 e. The normalized spacial score (nSPS) is 14.2. The lowest BCUT2D eigenvalue weighted by atomic mass is 10.1. The average molecular weight is 551 g/mol. The molecular weight excluding hydrogens is 522 g/mol. The maximum absolute atomic E-state index is 13.6. The number of amides is 1. The minimum Gasteiger partial charge on any atom is -0.488 e. The summed E-state index contributed by atoms with van der Waals surface area (Å²) >= 11 is 5.93. The first-order chi connectivity index (χ1) is 17.8. The van der Waals surface area contributed by atoms with E-state index in [0.29, 0.717) is 33.8 Å². The molecule has 1 fully saturated rings. The van der Waals surface area contributed by atoms with Crippen LogP contribution in [0.25, 0.3) is 10.9 Å². The number of ether oxygens (including phenoxy) is 1. The van der Waals surface area contributed by atoms with E-state index in [2.05, 4.69) is 20.6 Å². The number of fused-ring (bicyclic) bond motifs is 1. The Bertz CT molecular complexity index is 1310. The van der Waals surface area contributed by atoms with Crippen LogP contribution in [0.5, 0.6) is 5.75 Å². The van der Waals surface area contributed by atoms with Gasteiger partial charge in [0.2, 0.25) is 5.91 Å². The second kappa shape index (κ2) is 12.2. The number of aromatic nitrogens is 2. The molecule has 0 saturated heterocycles. The van der Waals surface area contributed by atoms with Gasteiger partial charge in [-0.25, -0.2) is 14.4 Å². The molecule has 1 aromatic heterocycles. The van der Waals surface area contributed by atoms with Gasteiger partial charge in [0.15, 0.2) is 0 Å². The lowest BCUT2D eigenvalue weighted by Gasteiger charge is -2.20. The summed E-state index contributed by atoms with van der Waals surface area (Å²) < 4.78 is 43.3. The van der Waals surface area contributed by atoms with E-state index in [1.807, 2.05) is 0 Å². The molecule has 9 nitrogen and oxygen atoms in total. The first-order valence-electron chi connectivity index (χ1n) is 12.2. The highest BCUT2D eigenvalue weighted by molar-refractivity contribution is 7.54. The van der Waals surface area contributed by atoms with Gasteiger partial charge < -0.3 is 24.4 Å². The number of hydrogen-bond donors (Lipinski definition) is 2. The molecular formula is C25H29ClFN4O5P. The van der Waals surface area contributed by atoms with E-state index in [1.54, 1.807) is 26.0 Å². The Kier molecular flexibility index (Phi) is 8.97. The van der Waals surface area contributed by atoms with Gasteiger partial charge in [0.05, 0.1) is 35.5 Å². The lowest BCUT2D eigenvalue weighted by molar-refractivity contribution is -0.114. The zero-order valence-corrected chi connectivity index (χ0v) is 22.3. The van der Waals surface area contributed by atoms with Gasteiger partial charge in [-0.1, -0.05) is 11.6 Å². The van der Waals surface area contributed by atoms with E-state index < -0.39 is 25.5 Å². The molecule has 4 rings (SSSR count). The average Bonchev–Trinajstić information content (AvgIpc) is 3.35. The molecule has 0 radical (unpaired) electrons. The molecule has 1 saturated carbocycles. The van der Waals surface area contributed by atoms with Crippen molar-refractivity contribution in [3.05, 3.63) is 47.5 Å². The third kappa shape index (κ3) is 6.96. The van der Waals surface area contributed by atoms with Gasteiger partial charge in [0.1, 0.15) is 29.9 Å². The van der Waals surface area contributed by atoms with Crippen LogP contribution in [0.2, 0.25) is 5.02 Å². The molecule has 2 N–H and O–H groups in total. The number of carbonyl (C=O) groups excluding carboxylic acids is 1. The van der Waals surface area contributed by atoms with Gasteiger partial charge >= 0.3 is 7.60 Å². The second-order valence-corrected chi connectivity index (χ2v) is 11.0. The number of anilines is 3. The highest BCUT2D eigenvalue weighted by atomic mass is 35.5. The molecule has 1 amide bonds. The Labute approximate surface area is 219 Å². The zero-order valence-electron chi connectivity index (χ0n) is 20.6. The monoisotopic (exact) mass is 550 g/mol. The van der Waals surface area contributed by atoms with Crippen LogP contribution in [-0.2, 0) is 18.4 Å². The Morgan fingerprint density at radius 3 is 2.54 bits per heavy atom. The quantitative estimate of drug-likeness (QED) is 0.254. The van der Waals surface area contributed by atoms with E-state index in [4.69, 9.17) is 25.4 Å². The molecule has 0 aliphatic heterocycles. The third-order valence-electron chi connectivity index (χ3n) is 5.78. The number of rotatable bonds is 11. The molecule has 12 heteroatoms. The number of halogens is 2. The molecule has 1 heterocycles. The van der Waals surface area contributed by atoms with Crippen molar-refractivity contribution in [2.45, 2.75) is 45.6 Å². The smallest absolute Gasteiger partial charge is 0.340 e. The van der Waals surface area contributed by atoms with Crippen molar-refractivity contribution in [3.8, 4) is 5.75 Å². The molecule has 2 aromatic carbocycles. The molecule has 1 aliphatic carbocycles. The predicted octanol–water partition coefficient (Wildman–Crippen LogP) is 6.69. The SMILES string of the molecule is CCOP(=O)(CC(=O)Nc1cc2c(Nc3ccc(F)c(Cl)c3)ncnc2cc1OC1CCCC1)OCC. The topological polar surface area (TPSA) is 112 Å². The van der Waals surface area contributed by atoms with Crippen LogP contribution in [0.1, 0.15) is 39.5 Å². The number of benzene rings is 2. The molecule has 0 unspecified atom stereocenters. The predicted molar refractivity (Wildman–Crippen MR) is 141 cm³/mol. The summed E-state index contributed by atoms with van der Waals surface area (Å²) in [5.74, 6) is -0.206. The van der Waals surface area contributed by atoms with Crippen LogP contribution in [0.4, 0.5) is 21.6 Å². The minimum absolute atomic E-state index is 0.0202. The van der Waals surface area contributed by atoms with Crippen molar-refractivity contribution in [1.82, 2.24) is 9.97 Å². The van der Waals surface area contributed by atoms with E-state index in [1.165, 1.54) is 24.5 Å². The van der Waals surface area contributed by atoms with Gasteiger partial charge in [-0.2, -0.15) is 0 Å². The summed E-state index contributed by atoms with van der Waals surface area (Å²) in [5.41, 5.74) is 1.47. The fraction of sp³-hybridized carbons (Fsp3) is 0.400. The van der Waals surface area contributed by atoms with Crippen molar-refractivity contribution < 1.29 is 27.5 Å². The molecule has 198 valence electrons. The molecule has 3 aromatic rings. The summed E-state index contributed by atoms with van der Waals surface area (Å²) in [5, 5.41) is 6.47. The number of nitrogens with one attached hydrogen (secondary N) is 2. The molecule has 37 heavy (non-hydrogen) atoms. The van der Waals surface area contributed by atoms with Gasteiger partial charge in [-0.3, -0.25) is 9.36 Å². The van der Waals surface area contributed by atoms with Gasteiger partial charge in [-0.15, -0.1) is 0 Å². The van der Waals surface area contributed by atoms with E-state index >= 15 is 0 Å². The van der Waals surface area contributed by atoms with Gasteiger partial charge in [0.25, 0.3) is 0 Å². The standard InChI is InChI=1S/C25H29ClFN4O5P/c1-3-34-37(33,35-4-2)14-24(32)31-22-12-18-21(13-23(22)36-17-7-5-6-8-17)28-15-29-25(18)30-16-9-10-20(27)19(26)11-16/h9-13,15,17H,3-8,14H2,1-2H3,(H,31,32)(H,28,29,30). The summed E-state index contributed by atoms with van der Waals surface area (Å²) in [4.78, 5) is 21.6. The largest absolute Gasteiger partial charge is 0.488 e. The van der Waals surface area contributed by atoms with E-state index in [0.717, 1.165) is 25.7 Å². The van der Waals surface area contributed by atoms with Crippen molar-refractivity contribution in [1.29, 1.82) is 0 Å². The Balaban J connectivity index is 1.68. The Morgan fingerprint density at radius 2 is 1.86 bits per heavy atom. The molecule has 1 aliphatic rings. The molecule has 0 spiro atoms. The molecule has 0 atom stereocenters. The fourth-order valence-corrected chi connectivity index (χ4v) is 5.82. The van der Waals surface area contributed by atoms with Gasteiger partial charge in [0, 0.05) is 17.1 Å². The third-order valence-corrected chi connectivity index (χ3v) is 8.05. The molecule has 0 bridgehead atoms. The van der Waals surface area contributed by atoms with E-state index in [-0.39, 0.29) is 24.3 Å². The maximum atomic E-state index is 13.6. The van der Waals surface area contributed by atoms with E-state index in [9.17, 15) is 13.8 Å². The minimum atomic E-state index is -3.60. The van der Waals surface area contributed by atoms with Crippen LogP contribution < -0.4 is 15.4 Å². The first-order valence-corrected chi connectivity index (χ1v) is 14.3. The second-order valence-electron chi connectivity index (χ2n) is 8.52. The lowest BCUT2D eigenvalue weighted by Crippen LogP contribution is -2.20.